The number of aromatic nitrogens is 2. The minimum absolute atomic E-state index is 0.0157. The van der Waals surface area contributed by atoms with Gasteiger partial charge in [-0.05, 0) is 6.42 Å². The topological polar surface area (TPSA) is 103 Å². The summed E-state index contributed by atoms with van der Waals surface area (Å²) in [5.74, 6) is -0.574. The van der Waals surface area contributed by atoms with Crippen LogP contribution in [0.5, 0.6) is 0 Å². The van der Waals surface area contributed by atoms with Gasteiger partial charge in [0.25, 0.3) is 0 Å². The van der Waals surface area contributed by atoms with E-state index in [2.05, 4.69) is 4.98 Å². The molecule has 1 aromatic rings. The van der Waals surface area contributed by atoms with Crippen molar-refractivity contribution in [3.63, 3.8) is 0 Å². The maximum Gasteiger partial charge on any atom is 0.249 e. The minimum atomic E-state index is -0.379. The first-order valence-corrected chi connectivity index (χ1v) is 5.36. The molecule has 2 amide bonds. The first kappa shape index (κ1) is 11.8. The van der Waals surface area contributed by atoms with Crippen LogP contribution >= 0.6 is 0 Å². The van der Waals surface area contributed by atoms with Gasteiger partial charge in [-0.1, -0.05) is 0 Å². The Bertz CT molecular complexity index is 590. The van der Waals surface area contributed by atoms with Crippen LogP contribution in [0.25, 0.3) is 0 Å². The maximum absolute atomic E-state index is 11.9. The second-order valence-corrected chi connectivity index (χ2v) is 3.84. The van der Waals surface area contributed by atoms with E-state index >= 15 is 0 Å². The minimum Gasteiger partial charge on any atom is -0.312 e. The Morgan fingerprint density at radius 2 is 2.22 bits per heavy atom. The molecule has 1 fully saturated rings. The van der Waals surface area contributed by atoms with Gasteiger partial charge in [0.2, 0.25) is 11.8 Å². The van der Waals surface area contributed by atoms with Gasteiger partial charge < -0.3 is 4.57 Å². The van der Waals surface area contributed by atoms with Crippen LogP contribution in [0.15, 0.2) is 6.33 Å². The molecule has 0 aromatic carbocycles. The van der Waals surface area contributed by atoms with Gasteiger partial charge in [-0.25, -0.2) is 4.98 Å². The molecule has 0 bridgehead atoms. The van der Waals surface area contributed by atoms with E-state index in [0.29, 0.717) is 19.4 Å². The molecule has 0 aliphatic carbocycles. The number of nitrogens with zero attached hydrogens (tertiary/aromatic N) is 5. The molecule has 7 heteroatoms. The third-order valence-electron chi connectivity index (χ3n) is 2.73. The molecule has 1 aliphatic heterocycles. The van der Waals surface area contributed by atoms with Crippen molar-refractivity contribution in [2.24, 2.45) is 0 Å². The lowest BCUT2D eigenvalue weighted by Gasteiger charge is -2.13. The SMILES string of the molecule is N#Cc1ncn(CC(=O)N2CCCC2=O)c1C#N. The summed E-state index contributed by atoms with van der Waals surface area (Å²) in [6.07, 6.45) is 2.31. The zero-order valence-corrected chi connectivity index (χ0v) is 9.46. The number of rotatable bonds is 2. The average molecular weight is 243 g/mol. The van der Waals surface area contributed by atoms with Gasteiger partial charge in [-0.3, -0.25) is 14.5 Å². The second-order valence-electron chi connectivity index (χ2n) is 3.84. The molecule has 0 unspecified atom stereocenters. The number of hydrogen-bond donors (Lipinski definition) is 0. The lowest BCUT2D eigenvalue weighted by molar-refractivity contribution is -0.142. The molecule has 1 saturated heterocycles. The van der Waals surface area contributed by atoms with Gasteiger partial charge in [0.1, 0.15) is 18.7 Å². The lowest BCUT2D eigenvalue weighted by Crippen LogP contribution is -2.34. The average Bonchev–Trinajstić information content (AvgIpc) is 2.94. The highest BCUT2D eigenvalue weighted by Crippen LogP contribution is 2.12. The number of imidazole rings is 1. The van der Waals surface area contributed by atoms with E-state index in [4.69, 9.17) is 10.5 Å². The molecule has 7 nitrogen and oxygen atoms in total. The Hall–Kier alpha value is -2.67. The summed E-state index contributed by atoms with van der Waals surface area (Å²) >= 11 is 0. The Morgan fingerprint density at radius 1 is 1.44 bits per heavy atom. The third kappa shape index (κ3) is 1.94. The fourth-order valence-corrected chi connectivity index (χ4v) is 1.84. The molecule has 1 aliphatic rings. The molecular formula is C11H9N5O2. The fraction of sp³-hybridized carbons (Fsp3) is 0.364. The molecule has 0 spiro atoms. The highest BCUT2D eigenvalue weighted by Gasteiger charge is 2.27. The van der Waals surface area contributed by atoms with Gasteiger partial charge in [-0.2, -0.15) is 10.5 Å². The predicted molar refractivity (Wildman–Crippen MR) is 57.6 cm³/mol. The van der Waals surface area contributed by atoms with E-state index in [1.54, 1.807) is 6.07 Å². The lowest BCUT2D eigenvalue weighted by atomic mass is 10.3. The van der Waals surface area contributed by atoms with Crippen LogP contribution in [-0.4, -0.2) is 32.8 Å². The van der Waals surface area contributed by atoms with E-state index in [-0.39, 0.29) is 29.7 Å². The van der Waals surface area contributed by atoms with Crippen molar-refractivity contribution in [1.29, 1.82) is 10.5 Å². The van der Waals surface area contributed by atoms with Crippen LogP contribution < -0.4 is 0 Å². The summed E-state index contributed by atoms with van der Waals surface area (Å²) in [5.41, 5.74) is 0.0237. The Balaban J connectivity index is 2.18. The van der Waals surface area contributed by atoms with Crippen molar-refractivity contribution >= 4 is 11.8 Å². The van der Waals surface area contributed by atoms with Crippen LogP contribution in [0.4, 0.5) is 0 Å². The molecule has 0 radical (unpaired) electrons. The standard InChI is InChI=1S/C11H9N5O2/c12-4-8-9(5-13)15(7-14-8)6-11(18)16-3-1-2-10(16)17/h7H,1-3,6H2. The van der Waals surface area contributed by atoms with Gasteiger partial charge in [0, 0.05) is 13.0 Å². The molecule has 90 valence electrons. The fourth-order valence-electron chi connectivity index (χ4n) is 1.84. The van der Waals surface area contributed by atoms with Crippen molar-refractivity contribution in [3.05, 3.63) is 17.7 Å². The number of nitriles is 2. The van der Waals surface area contributed by atoms with Gasteiger partial charge in [0.15, 0.2) is 11.4 Å². The molecule has 2 rings (SSSR count). The van der Waals surface area contributed by atoms with Crippen LogP contribution in [0.3, 0.4) is 0 Å². The normalized spacial score (nSPS) is 14.3. The number of amides is 2. The van der Waals surface area contributed by atoms with Gasteiger partial charge >= 0.3 is 0 Å². The molecular weight excluding hydrogens is 234 g/mol. The van der Waals surface area contributed by atoms with E-state index in [9.17, 15) is 9.59 Å². The smallest absolute Gasteiger partial charge is 0.249 e. The van der Waals surface area contributed by atoms with Crippen LogP contribution in [0.2, 0.25) is 0 Å². The maximum atomic E-state index is 11.9. The quantitative estimate of drug-likeness (QED) is 0.714. The van der Waals surface area contributed by atoms with Crippen molar-refractivity contribution in [2.45, 2.75) is 19.4 Å². The molecule has 2 heterocycles. The molecule has 0 N–H and O–H groups in total. The predicted octanol–water partition coefficient (Wildman–Crippen LogP) is -0.225. The summed E-state index contributed by atoms with van der Waals surface area (Å²) in [6.45, 7) is 0.267. The molecule has 0 atom stereocenters. The van der Waals surface area contributed by atoms with Crippen molar-refractivity contribution in [3.8, 4) is 12.1 Å². The second kappa shape index (κ2) is 4.68. The summed E-state index contributed by atoms with van der Waals surface area (Å²) in [6, 6.07) is 3.60. The summed E-state index contributed by atoms with van der Waals surface area (Å²) in [5, 5.41) is 17.6. The first-order chi connectivity index (χ1) is 8.67. The number of hydrogen-bond acceptors (Lipinski definition) is 5. The van der Waals surface area contributed by atoms with Crippen molar-refractivity contribution in [1.82, 2.24) is 14.5 Å². The van der Waals surface area contributed by atoms with Crippen molar-refractivity contribution < 1.29 is 9.59 Å². The summed E-state index contributed by atoms with van der Waals surface area (Å²) < 4.78 is 1.28. The Labute approximate surface area is 103 Å². The third-order valence-corrected chi connectivity index (χ3v) is 2.73. The Kier molecular flexibility index (Phi) is 3.07. The zero-order chi connectivity index (χ0) is 13.1. The van der Waals surface area contributed by atoms with Crippen LogP contribution in [0.1, 0.15) is 24.2 Å². The van der Waals surface area contributed by atoms with Crippen LogP contribution in [-0.2, 0) is 16.1 Å². The van der Waals surface area contributed by atoms with E-state index in [1.807, 2.05) is 6.07 Å². The Morgan fingerprint density at radius 3 is 2.78 bits per heavy atom. The van der Waals surface area contributed by atoms with Gasteiger partial charge in [0.05, 0.1) is 6.33 Å². The van der Waals surface area contributed by atoms with E-state index in [0.717, 1.165) is 0 Å². The highest BCUT2D eigenvalue weighted by molar-refractivity contribution is 5.96. The summed E-state index contributed by atoms with van der Waals surface area (Å²) in [4.78, 5) is 28.1. The van der Waals surface area contributed by atoms with Crippen LogP contribution in [0, 0.1) is 22.7 Å². The number of carbonyl (C=O) groups excluding carboxylic acids is 2. The molecule has 0 saturated carbocycles. The molecule has 1 aromatic heterocycles. The highest BCUT2D eigenvalue weighted by atomic mass is 16.2. The monoisotopic (exact) mass is 243 g/mol. The first-order valence-electron chi connectivity index (χ1n) is 5.36. The van der Waals surface area contributed by atoms with E-state index < -0.39 is 0 Å². The van der Waals surface area contributed by atoms with Crippen molar-refractivity contribution in [2.75, 3.05) is 6.54 Å². The molecule has 18 heavy (non-hydrogen) atoms. The number of carbonyl (C=O) groups is 2. The number of likely N-dealkylation sites (tertiary alicyclic amines) is 1. The van der Waals surface area contributed by atoms with Gasteiger partial charge in [-0.15, -0.1) is 0 Å². The van der Waals surface area contributed by atoms with E-state index in [1.165, 1.54) is 15.8 Å². The summed E-state index contributed by atoms with van der Waals surface area (Å²) in [7, 11) is 0. The zero-order valence-electron chi connectivity index (χ0n) is 9.46. The largest absolute Gasteiger partial charge is 0.312 e. The number of imide groups is 1.